The van der Waals surface area contributed by atoms with Crippen molar-refractivity contribution in [2.45, 2.75) is 19.4 Å². The van der Waals surface area contributed by atoms with E-state index >= 15 is 0 Å². The molecule has 0 aliphatic carbocycles. The Morgan fingerprint density at radius 3 is 2.60 bits per heavy atom. The van der Waals surface area contributed by atoms with Crippen LogP contribution in [-0.4, -0.2) is 55.5 Å². The van der Waals surface area contributed by atoms with Gasteiger partial charge >= 0.3 is 0 Å². The summed E-state index contributed by atoms with van der Waals surface area (Å²) in [5.41, 5.74) is 1.10. The first kappa shape index (κ1) is 15.4. The molecular formula is C14H23N3O2S. The van der Waals surface area contributed by atoms with Gasteiger partial charge in [-0.15, -0.1) is 0 Å². The number of hydrogen-bond donors (Lipinski definition) is 0. The highest BCUT2D eigenvalue weighted by Gasteiger charge is 2.23. The summed E-state index contributed by atoms with van der Waals surface area (Å²) in [6, 6.07) is 5.98. The van der Waals surface area contributed by atoms with Crippen LogP contribution in [0.3, 0.4) is 0 Å². The van der Waals surface area contributed by atoms with E-state index < -0.39 is 10.0 Å². The molecule has 0 atom stereocenters. The molecule has 1 saturated heterocycles. The summed E-state index contributed by atoms with van der Waals surface area (Å²) in [6.45, 7) is 3.55. The van der Waals surface area contributed by atoms with Gasteiger partial charge in [-0.25, -0.2) is 12.7 Å². The lowest BCUT2D eigenvalue weighted by molar-refractivity contribution is 0.165. The highest BCUT2D eigenvalue weighted by molar-refractivity contribution is 7.88. The van der Waals surface area contributed by atoms with Gasteiger partial charge < -0.3 is 0 Å². The lowest BCUT2D eigenvalue weighted by Gasteiger charge is -2.33. The second-order valence-corrected chi connectivity index (χ2v) is 7.67. The number of aromatic nitrogens is 1. The molecule has 0 spiro atoms. The summed E-state index contributed by atoms with van der Waals surface area (Å²) in [6.07, 6.45) is 5.19. The van der Waals surface area contributed by atoms with Crippen molar-refractivity contribution in [3.8, 4) is 0 Å². The number of sulfonamides is 1. The number of pyridine rings is 1. The molecule has 0 unspecified atom stereocenters. The third-order valence-corrected chi connectivity index (χ3v) is 5.18. The van der Waals surface area contributed by atoms with Gasteiger partial charge in [0.25, 0.3) is 0 Å². The van der Waals surface area contributed by atoms with Gasteiger partial charge in [0.2, 0.25) is 10.0 Å². The van der Waals surface area contributed by atoms with Crippen molar-refractivity contribution in [2.24, 2.45) is 5.92 Å². The molecule has 1 aromatic heterocycles. The zero-order valence-corrected chi connectivity index (χ0v) is 13.0. The van der Waals surface area contributed by atoms with Gasteiger partial charge in [0.15, 0.2) is 0 Å². The van der Waals surface area contributed by atoms with Crippen LogP contribution in [0.4, 0.5) is 0 Å². The van der Waals surface area contributed by atoms with Gasteiger partial charge in [-0.3, -0.25) is 9.88 Å². The van der Waals surface area contributed by atoms with E-state index in [1.165, 1.54) is 10.6 Å². The first-order valence-electron chi connectivity index (χ1n) is 6.99. The first-order valence-corrected chi connectivity index (χ1v) is 8.83. The molecule has 2 rings (SSSR count). The standard InChI is InChI=1S/C14H23N3O2S/c1-16(20(2,18)19)11-13-6-9-17(10-7-13)12-14-5-3-4-8-15-14/h3-5,8,13H,6-7,9-12H2,1-2H3. The molecule has 0 radical (unpaired) electrons. The zero-order chi connectivity index (χ0) is 14.6. The molecule has 0 N–H and O–H groups in total. The minimum absolute atomic E-state index is 0.467. The van der Waals surface area contributed by atoms with E-state index in [1.807, 2.05) is 24.4 Å². The highest BCUT2D eigenvalue weighted by atomic mass is 32.2. The largest absolute Gasteiger partial charge is 0.297 e. The number of likely N-dealkylation sites (tertiary alicyclic amines) is 1. The van der Waals surface area contributed by atoms with Crippen molar-refractivity contribution < 1.29 is 8.42 Å². The van der Waals surface area contributed by atoms with Crippen molar-refractivity contribution >= 4 is 10.0 Å². The fourth-order valence-electron chi connectivity index (χ4n) is 2.55. The first-order chi connectivity index (χ1) is 9.45. The Labute approximate surface area is 121 Å². The number of hydrogen-bond acceptors (Lipinski definition) is 4. The van der Waals surface area contributed by atoms with Gasteiger partial charge in [-0.1, -0.05) is 6.07 Å². The number of piperidine rings is 1. The second-order valence-electron chi connectivity index (χ2n) is 5.58. The third kappa shape index (κ3) is 4.54. The second kappa shape index (κ2) is 6.65. The lowest BCUT2D eigenvalue weighted by atomic mass is 9.97. The number of nitrogens with zero attached hydrogens (tertiary/aromatic N) is 3. The fraction of sp³-hybridized carbons (Fsp3) is 0.643. The van der Waals surface area contributed by atoms with E-state index in [4.69, 9.17) is 0 Å². The normalized spacial score (nSPS) is 18.6. The van der Waals surface area contributed by atoms with Crippen LogP contribution in [0.2, 0.25) is 0 Å². The molecule has 1 fully saturated rings. The van der Waals surface area contributed by atoms with Crippen LogP contribution in [0, 0.1) is 5.92 Å². The number of rotatable bonds is 5. The molecule has 112 valence electrons. The Kier molecular flexibility index (Phi) is 5.12. The van der Waals surface area contributed by atoms with Crippen LogP contribution < -0.4 is 0 Å². The average Bonchev–Trinajstić information content (AvgIpc) is 2.41. The fourth-order valence-corrected chi connectivity index (χ4v) is 3.03. The van der Waals surface area contributed by atoms with Crippen molar-refractivity contribution in [1.82, 2.24) is 14.2 Å². The van der Waals surface area contributed by atoms with Crippen molar-refractivity contribution in [3.05, 3.63) is 30.1 Å². The Morgan fingerprint density at radius 2 is 2.05 bits per heavy atom. The van der Waals surface area contributed by atoms with Crippen LogP contribution in [0.25, 0.3) is 0 Å². The molecule has 0 amide bonds. The van der Waals surface area contributed by atoms with Gasteiger partial charge in [0.05, 0.1) is 11.9 Å². The Balaban J connectivity index is 1.78. The van der Waals surface area contributed by atoms with Crippen molar-refractivity contribution in [1.29, 1.82) is 0 Å². The van der Waals surface area contributed by atoms with E-state index in [1.54, 1.807) is 7.05 Å². The predicted molar refractivity (Wildman–Crippen MR) is 79.7 cm³/mol. The monoisotopic (exact) mass is 297 g/mol. The molecule has 1 aliphatic heterocycles. The quantitative estimate of drug-likeness (QED) is 0.819. The summed E-state index contributed by atoms with van der Waals surface area (Å²) in [4.78, 5) is 6.73. The molecule has 2 heterocycles. The molecule has 1 aromatic rings. The summed E-state index contributed by atoms with van der Waals surface area (Å²) < 4.78 is 24.3. The van der Waals surface area contributed by atoms with E-state index in [0.717, 1.165) is 38.2 Å². The summed E-state index contributed by atoms with van der Waals surface area (Å²) in [5, 5.41) is 0. The minimum atomic E-state index is -3.05. The van der Waals surface area contributed by atoms with Gasteiger partial charge in [-0.05, 0) is 44.0 Å². The summed E-state index contributed by atoms with van der Waals surface area (Å²) >= 11 is 0. The minimum Gasteiger partial charge on any atom is -0.297 e. The molecule has 0 bridgehead atoms. The van der Waals surface area contributed by atoms with Crippen molar-refractivity contribution in [3.63, 3.8) is 0 Å². The molecule has 5 nitrogen and oxygen atoms in total. The Morgan fingerprint density at radius 1 is 1.35 bits per heavy atom. The van der Waals surface area contributed by atoms with Crippen LogP contribution in [-0.2, 0) is 16.6 Å². The predicted octanol–water partition coefficient (Wildman–Crippen LogP) is 1.18. The molecule has 20 heavy (non-hydrogen) atoms. The maximum absolute atomic E-state index is 11.4. The SMILES string of the molecule is CN(CC1CCN(Cc2ccccn2)CC1)S(C)(=O)=O. The Bertz CT molecular complexity index is 510. The summed E-state index contributed by atoms with van der Waals surface area (Å²) in [7, 11) is -1.39. The maximum atomic E-state index is 11.4. The van der Waals surface area contributed by atoms with Gasteiger partial charge in [0.1, 0.15) is 0 Å². The van der Waals surface area contributed by atoms with Crippen LogP contribution in [0.5, 0.6) is 0 Å². The molecule has 0 saturated carbocycles. The van der Waals surface area contributed by atoms with E-state index in [2.05, 4.69) is 9.88 Å². The smallest absolute Gasteiger partial charge is 0.210 e. The molecular weight excluding hydrogens is 274 g/mol. The van der Waals surface area contributed by atoms with E-state index in [9.17, 15) is 8.42 Å². The summed E-state index contributed by atoms with van der Waals surface area (Å²) in [5.74, 6) is 0.467. The van der Waals surface area contributed by atoms with E-state index in [0.29, 0.717) is 12.5 Å². The third-order valence-electron chi connectivity index (χ3n) is 3.90. The van der Waals surface area contributed by atoms with Crippen LogP contribution in [0.1, 0.15) is 18.5 Å². The van der Waals surface area contributed by atoms with E-state index in [-0.39, 0.29) is 0 Å². The maximum Gasteiger partial charge on any atom is 0.210 e. The van der Waals surface area contributed by atoms with Gasteiger partial charge in [0, 0.05) is 26.3 Å². The molecule has 6 heteroatoms. The molecule has 0 aromatic carbocycles. The van der Waals surface area contributed by atoms with Gasteiger partial charge in [-0.2, -0.15) is 0 Å². The average molecular weight is 297 g/mol. The lowest BCUT2D eigenvalue weighted by Crippen LogP contribution is -2.38. The molecule has 1 aliphatic rings. The van der Waals surface area contributed by atoms with Crippen molar-refractivity contribution in [2.75, 3.05) is 32.9 Å². The van der Waals surface area contributed by atoms with Crippen LogP contribution >= 0.6 is 0 Å². The highest BCUT2D eigenvalue weighted by Crippen LogP contribution is 2.20. The van der Waals surface area contributed by atoms with Crippen LogP contribution in [0.15, 0.2) is 24.4 Å². The zero-order valence-electron chi connectivity index (χ0n) is 12.2. The Hall–Kier alpha value is -0.980. The topological polar surface area (TPSA) is 53.5 Å².